The molecule has 2 amide bonds. The van der Waals surface area contributed by atoms with Gasteiger partial charge in [-0.1, -0.05) is 66.9 Å². The molecule has 2 aliphatic rings. The second-order valence-corrected chi connectivity index (χ2v) is 12.3. The lowest BCUT2D eigenvalue weighted by Crippen LogP contribution is -2.59. The van der Waals surface area contributed by atoms with Gasteiger partial charge >= 0.3 is 5.97 Å². The number of carbonyl (C=O) groups is 3. The van der Waals surface area contributed by atoms with Crippen molar-refractivity contribution in [3.05, 3.63) is 106 Å². The van der Waals surface area contributed by atoms with Gasteiger partial charge in [-0.15, -0.1) is 4.72 Å². The van der Waals surface area contributed by atoms with Crippen LogP contribution >= 0.6 is 11.6 Å². The summed E-state index contributed by atoms with van der Waals surface area (Å²) in [6.45, 7) is 0.0101. The lowest BCUT2D eigenvalue weighted by atomic mass is 9.76. The lowest BCUT2D eigenvalue weighted by Gasteiger charge is -2.48. The summed E-state index contributed by atoms with van der Waals surface area (Å²) in [5, 5.41) is 0.537. The molecule has 226 valence electrons. The number of halogens is 1. The van der Waals surface area contributed by atoms with Crippen LogP contribution in [0, 0.1) is 0 Å². The van der Waals surface area contributed by atoms with E-state index in [1.165, 1.54) is 7.11 Å². The molecule has 0 saturated heterocycles. The van der Waals surface area contributed by atoms with Crippen molar-refractivity contribution in [2.24, 2.45) is 0 Å². The lowest BCUT2D eigenvalue weighted by molar-refractivity contribution is -0.138. The molecule has 5 atom stereocenters. The second-order valence-electron chi connectivity index (χ2n) is 10.8. The van der Waals surface area contributed by atoms with Crippen molar-refractivity contribution in [3.8, 4) is 0 Å². The number of fused-ring (bicyclic) bond motifs is 1. The maximum absolute atomic E-state index is 14.3. The van der Waals surface area contributed by atoms with Crippen LogP contribution in [0.4, 0.5) is 0 Å². The zero-order valence-electron chi connectivity index (χ0n) is 24.0. The number of amides is 2. The molecule has 0 bridgehead atoms. The fraction of sp³-hybridized carbons (Fsp3) is 0.344. The van der Waals surface area contributed by atoms with Crippen LogP contribution in [0.3, 0.4) is 0 Å². The van der Waals surface area contributed by atoms with Crippen LogP contribution in [-0.2, 0) is 32.3 Å². The molecule has 1 heterocycles. The van der Waals surface area contributed by atoms with Gasteiger partial charge in [0.15, 0.2) is 0 Å². The Labute approximate surface area is 259 Å². The highest BCUT2D eigenvalue weighted by Gasteiger charge is 2.49. The first kappa shape index (κ1) is 31.0. The molecule has 1 aliphatic carbocycles. The van der Waals surface area contributed by atoms with E-state index >= 15 is 0 Å². The van der Waals surface area contributed by atoms with Crippen molar-refractivity contribution < 1.29 is 28.5 Å². The van der Waals surface area contributed by atoms with E-state index in [-0.39, 0.29) is 24.6 Å². The quantitative estimate of drug-likeness (QED) is 0.199. The van der Waals surface area contributed by atoms with E-state index in [1.807, 2.05) is 18.2 Å². The number of methoxy groups -OCH3 is 1. The van der Waals surface area contributed by atoms with E-state index in [0.717, 1.165) is 24.8 Å². The molecule has 0 spiro atoms. The van der Waals surface area contributed by atoms with E-state index < -0.39 is 35.2 Å². The molecule has 43 heavy (non-hydrogen) atoms. The van der Waals surface area contributed by atoms with Gasteiger partial charge in [-0.2, -0.15) is 0 Å². The number of esters is 1. The standard InChI is InChI=1S/C32H34ClN3O6S/c1-41-32(39)22-9-7-8-20(18-22)19-42-34-30(37)28-24-10-3-4-11-25(24)31(38)36(29(28)21-14-16-23(33)17-15-21)27-13-6-5-12-26(27)35-43(2)40/h3-4,7-11,14-18,26-29,35H,5-6,12-13,19H2,1-2H3,(H,34,37)/t26-,27-,28+,29-,43?/m1/s1. The molecular formula is C32H34ClN3O6S. The average molecular weight is 624 g/mol. The van der Waals surface area contributed by atoms with Gasteiger partial charge in [0.25, 0.3) is 11.8 Å². The summed E-state index contributed by atoms with van der Waals surface area (Å²) in [6, 6.07) is 19.9. The second kappa shape index (κ2) is 13.9. The first-order chi connectivity index (χ1) is 20.8. The summed E-state index contributed by atoms with van der Waals surface area (Å²) in [7, 11) is 1.31. The topological polar surface area (TPSA) is 120 Å². The van der Waals surface area contributed by atoms with Crippen molar-refractivity contribution >= 4 is 40.7 Å². The van der Waals surface area contributed by atoms with Crippen molar-refractivity contribution in [1.29, 1.82) is 0 Å². The number of rotatable bonds is 9. The minimum absolute atomic E-state index is 0.0101. The third-order valence-corrected chi connectivity index (χ3v) is 8.92. The molecule has 0 aromatic heterocycles. The number of hydrogen-bond acceptors (Lipinski definition) is 7. The monoisotopic (exact) mass is 623 g/mol. The number of ether oxygens (including phenoxy) is 1. The smallest absolute Gasteiger partial charge is 0.337 e. The van der Waals surface area contributed by atoms with Crippen LogP contribution in [0.25, 0.3) is 0 Å². The molecule has 3 aromatic rings. The van der Waals surface area contributed by atoms with Crippen molar-refractivity contribution in [2.45, 2.75) is 56.3 Å². The molecule has 2 N–H and O–H groups in total. The van der Waals surface area contributed by atoms with Crippen LogP contribution in [0.15, 0.2) is 72.8 Å². The van der Waals surface area contributed by atoms with Crippen molar-refractivity contribution in [2.75, 3.05) is 13.4 Å². The molecular weight excluding hydrogens is 590 g/mol. The summed E-state index contributed by atoms with van der Waals surface area (Å²) >= 11 is 4.96. The Balaban J connectivity index is 1.50. The highest BCUT2D eigenvalue weighted by atomic mass is 35.5. The molecule has 1 unspecified atom stereocenters. The molecule has 1 fully saturated rings. The number of hydrogen-bond donors (Lipinski definition) is 2. The third-order valence-electron chi connectivity index (χ3n) is 8.03. The van der Waals surface area contributed by atoms with Crippen LogP contribution in [0.5, 0.6) is 0 Å². The highest BCUT2D eigenvalue weighted by Crippen LogP contribution is 2.46. The van der Waals surface area contributed by atoms with E-state index in [1.54, 1.807) is 65.8 Å². The highest BCUT2D eigenvalue weighted by molar-refractivity contribution is 7.88. The minimum atomic E-state index is -1.28. The fourth-order valence-corrected chi connectivity index (χ4v) is 7.00. The zero-order valence-corrected chi connectivity index (χ0v) is 25.5. The van der Waals surface area contributed by atoms with Gasteiger partial charge in [-0.25, -0.2) is 10.3 Å². The van der Waals surface area contributed by atoms with E-state index in [2.05, 4.69) is 10.2 Å². The Hall–Kier alpha value is -3.41. The number of nitrogens with zero attached hydrogens (tertiary/aromatic N) is 1. The van der Waals surface area contributed by atoms with Crippen LogP contribution in [0.1, 0.15) is 75.0 Å². The molecule has 5 rings (SSSR count). The third kappa shape index (κ3) is 6.89. The number of nitrogens with one attached hydrogen (secondary N) is 2. The zero-order chi connectivity index (χ0) is 30.5. The van der Waals surface area contributed by atoms with Crippen LogP contribution < -0.4 is 10.2 Å². The maximum Gasteiger partial charge on any atom is 0.337 e. The number of benzene rings is 3. The molecule has 1 saturated carbocycles. The van der Waals surface area contributed by atoms with Crippen molar-refractivity contribution in [1.82, 2.24) is 15.1 Å². The summed E-state index contributed by atoms with van der Waals surface area (Å²) in [6.07, 6.45) is 4.90. The SMILES string of the molecule is COC(=O)c1cccc(CONC(=O)[C@H]2c3ccccc3C(=O)N([C@@H]3CCCC[C@H]3N[S+](C)[O-])[C@@H]2c2ccc(Cl)cc2)c1. The van der Waals surface area contributed by atoms with Gasteiger partial charge < -0.3 is 14.2 Å². The van der Waals surface area contributed by atoms with E-state index in [4.69, 9.17) is 21.2 Å². The predicted molar refractivity (Wildman–Crippen MR) is 164 cm³/mol. The van der Waals surface area contributed by atoms with Crippen LogP contribution in [0.2, 0.25) is 5.02 Å². The van der Waals surface area contributed by atoms with E-state index in [9.17, 15) is 18.9 Å². The van der Waals surface area contributed by atoms with Gasteiger partial charge in [0.2, 0.25) is 0 Å². The Morgan fingerprint density at radius 3 is 2.53 bits per heavy atom. The van der Waals surface area contributed by atoms with Gasteiger partial charge in [-0.05, 0) is 59.9 Å². The summed E-state index contributed by atoms with van der Waals surface area (Å²) < 4.78 is 20.2. The number of carbonyl (C=O) groups excluding carboxylic acids is 3. The largest absolute Gasteiger partial charge is 0.598 e. The Morgan fingerprint density at radius 2 is 1.79 bits per heavy atom. The number of hydroxylamine groups is 1. The van der Waals surface area contributed by atoms with Crippen LogP contribution in [-0.4, -0.2) is 52.7 Å². The predicted octanol–water partition coefficient (Wildman–Crippen LogP) is 4.85. The molecule has 9 nitrogen and oxygen atoms in total. The first-order valence-electron chi connectivity index (χ1n) is 14.1. The minimum Gasteiger partial charge on any atom is -0.598 e. The van der Waals surface area contributed by atoms with Gasteiger partial charge in [0, 0.05) is 21.9 Å². The molecule has 11 heteroatoms. The fourth-order valence-electron chi connectivity index (χ4n) is 6.17. The van der Waals surface area contributed by atoms with Gasteiger partial charge in [0.1, 0.15) is 6.26 Å². The van der Waals surface area contributed by atoms with Gasteiger partial charge in [-0.3, -0.25) is 14.4 Å². The Morgan fingerprint density at radius 1 is 1.05 bits per heavy atom. The molecule has 1 aliphatic heterocycles. The van der Waals surface area contributed by atoms with Crippen molar-refractivity contribution in [3.63, 3.8) is 0 Å². The molecule has 0 radical (unpaired) electrons. The molecule has 3 aromatic carbocycles. The normalized spacial score (nSPS) is 22.4. The maximum atomic E-state index is 14.3. The Kier molecular flexibility index (Phi) is 10.0. The Bertz CT molecular complexity index is 1470. The van der Waals surface area contributed by atoms with E-state index in [0.29, 0.717) is 33.7 Å². The average Bonchev–Trinajstić information content (AvgIpc) is 3.01. The first-order valence-corrected chi connectivity index (χ1v) is 16.1. The summed E-state index contributed by atoms with van der Waals surface area (Å²) in [5.74, 6) is -1.89. The summed E-state index contributed by atoms with van der Waals surface area (Å²) in [4.78, 5) is 47.8. The summed E-state index contributed by atoms with van der Waals surface area (Å²) in [5.41, 5.74) is 5.44. The van der Waals surface area contributed by atoms with Gasteiger partial charge in [0.05, 0.1) is 43.3 Å².